The molecule has 0 spiro atoms. The number of nitro benzene ring substituents is 1. The molecule has 0 aliphatic carbocycles. The summed E-state index contributed by atoms with van der Waals surface area (Å²) in [5.74, 6) is 0.338. The maximum Gasteiger partial charge on any atom is 0.271 e. The van der Waals surface area contributed by atoms with Crippen molar-refractivity contribution in [1.29, 1.82) is 0 Å². The van der Waals surface area contributed by atoms with Crippen molar-refractivity contribution in [2.24, 2.45) is 0 Å². The summed E-state index contributed by atoms with van der Waals surface area (Å²) in [6.45, 7) is 1.81. The summed E-state index contributed by atoms with van der Waals surface area (Å²) in [6.07, 6.45) is 0. The van der Waals surface area contributed by atoms with E-state index in [1.807, 2.05) is 43.3 Å². The van der Waals surface area contributed by atoms with E-state index in [4.69, 9.17) is 0 Å². The van der Waals surface area contributed by atoms with Crippen LogP contribution in [-0.4, -0.2) is 20.8 Å². The summed E-state index contributed by atoms with van der Waals surface area (Å²) >= 11 is 0. The van der Waals surface area contributed by atoms with Gasteiger partial charge < -0.3 is 10.3 Å². The van der Waals surface area contributed by atoms with Gasteiger partial charge in [0.2, 0.25) is 0 Å². The Hall–Kier alpha value is -3.74. The summed E-state index contributed by atoms with van der Waals surface area (Å²) in [6, 6.07) is 17.3. The molecule has 0 bridgehead atoms. The number of hydrogen-bond acceptors (Lipinski definition) is 4. The molecule has 1 aromatic heterocycles. The molecule has 0 saturated carbocycles. The minimum Gasteiger partial charge on any atom is -0.342 e. The van der Waals surface area contributed by atoms with Crippen LogP contribution >= 0.6 is 0 Å². The van der Waals surface area contributed by atoms with Crippen molar-refractivity contribution in [1.82, 2.24) is 15.3 Å². The lowest BCUT2D eigenvalue weighted by molar-refractivity contribution is -0.384. The van der Waals surface area contributed by atoms with Gasteiger partial charge in [-0.05, 0) is 29.8 Å². The van der Waals surface area contributed by atoms with Crippen LogP contribution in [0.3, 0.4) is 0 Å². The highest BCUT2D eigenvalue weighted by molar-refractivity contribution is 6.07. The molecular formula is C20H16N4O3. The lowest BCUT2D eigenvalue weighted by atomic mass is 10.0. The molecule has 134 valence electrons. The van der Waals surface area contributed by atoms with E-state index in [1.54, 1.807) is 12.1 Å². The second-order valence-corrected chi connectivity index (χ2v) is 6.30. The molecule has 0 aliphatic rings. The number of carbonyl (C=O) groups is 1. The van der Waals surface area contributed by atoms with E-state index in [-0.39, 0.29) is 17.6 Å². The number of carbonyl (C=O) groups excluding carboxylic acids is 1. The van der Waals surface area contributed by atoms with Crippen molar-refractivity contribution >= 4 is 33.4 Å². The van der Waals surface area contributed by atoms with Crippen LogP contribution in [0.2, 0.25) is 0 Å². The normalized spacial score (nSPS) is 12.2. The first-order valence-corrected chi connectivity index (χ1v) is 8.45. The van der Waals surface area contributed by atoms with E-state index in [1.165, 1.54) is 12.1 Å². The third-order valence-corrected chi connectivity index (χ3v) is 4.49. The zero-order chi connectivity index (χ0) is 19.0. The number of imidazole rings is 1. The molecule has 27 heavy (non-hydrogen) atoms. The molecule has 1 unspecified atom stereocenters. The van der Waals surface area contributed by atoms with Crippen molar-refractivity contribution in [2.45, 2.75) is 13.0 Å². The number of fused-ring (bicyclic) bond motifs is 2. The molecule has 4 rings (SSSR count). The fraction of sp³-hybridized carbons (Fsp3) is 0.100. The van der Waals surface area contributed by atoms with Crippen LogP contribution in [0.1, 0.15) is 29.1 Å². The first kappa shape index (κ1) is 16.7. The van der Waals surface area contributed by atoms with Gasteiger partial charge in [-0.1, -0.05) is 36.4 Å². The van der Waals surface area contributed by atoms with Gasteiger partial charge in [0, 0.05) is 17.7 Å². The summed E-state index contributed by atoms with van der Waals surface area (Å²) in [5, 5.41) is 15.7. The lowest BCUT2D eigenvalue weighted by Crippen LogP contribution is -2.27. The largest absolute Gasteiger partial charge is 0.342 e. The average molecular weight is 360 g/mol. The maximum atomic E-state index is 12.8. The van der Waals surface area contributed by atoms with Crippen LogP contribution in [0.5, 0.6) is 0 Å². The van der Waals surface area contributed by atoms with Gasteiger partial charge in [0.05, 0.1) is 22.0 Å². The van der Waals surface area contributed by atoms with Gasteiger partial charge in [-0.15, -0.1) is 0 Å². The SMILES string of the molecule is CC(NC(=O)c1cccc2ccccc12)c1nc2ccc([N+](=O)[O-])cc2[nH]1. The smallest absolute Gasteiger partial charge is 0.271 e. The van der Waals surface area contributed by atoms with Gasteiger partial charge in [0.15, 0.2) is 0 Å². The predicted octanol–water partition coefficient (Wildman–Crippen LogP) is 4.12. The number of H-pyrrole nitrogens is 1. The van der Waals surface area contributed by atoms with Gasteiger partial charge in [-0.3, -0.25) is 14.9 Å². The van der Waals surface area contributed by atoms with Gasteiger partial charge in [0.1, 0.15) is 5.82 Å². The van der Waals surface area contributed by atoms with Crippen LogP contribution < -0.4 is 5.32 Å². The molecule has 1 heterocycles. The molecule has 0 fully saturated rings. The first-order valence-electron chi connectivity index (χ1n) is 8.45. The molecule has 0 aliphatic heterocycles. The van der Waals surface area contributed by atoms with E-state index < -0.39 is 4.92 Å². The van der Waals surface area contributed by atoms with Crippen molar-refractivity contribution in [3.05, 3.63) is 82.2 Å². The van der Waals surface area contributed by atoms with Gasteiger partial charge in [-0.2, -0.15) is 0 Å². The number of nitrogens with one attached hydrogen (secondary N) is 2. The van der Waals surface area contributed by atoms with Crippen LogP contribution in [-0.2, 0) is 0 Å². The average Bonchev–Trinajstić information content (AvgIpc) is 3.11. The minimum absolute atomic E-state index is 0.00913. The van der Waals surface area contributed by atoms with E-state index in [0.717, 1.165) is 10.8 Å². The number of aromatic nitrogens is 2. The Morgan fingerprint density at radius 2 is 1.93 bits per heavy atom. The minimum atomic E-state index is -0.453. The van der Waals surface area contributed by atoms with Crippen molar-refractivity contribution in [3.63, 3.8) is 0 Å². The van der Waals surface area contributed by atoms with Gasteiger partial charge >= 0.3 is 0 Å². The highest BCUT2D eigenvalue weighted by atomic mass is 16.6. The standard InChI is InChI=1S/C20H16N4O3/c1-12(19-22-17-10-9-14(24(26)27)11-18(17)23-19)21-20(25)16-8-4-6-13-5-2-3-7-15(13)16/h2-12H,1H3,(H,21,25)(H,22,23). The Balaban J connectivity index is 1.61. The number of nitro groups is 1. The topological polar surface area (TPSA) is 101 Å². The van der Waals surface area contributed by atoms with E-state index in [9.17, 15) is 14.9 Å². The third kappa shape index (κ3) is 3.10. The lowest BCUT2D eigenvalue weighted by Gasteiger charge is -2.13. The Morgan fingerprint density at radius 1 is 1.15 bits per heavy atom. The first-order chi connectivity index (χ1) is 13.0. The fourth-order valence-electron chi connectivity index (χ4n) is 3.10. The number of rotatable bonds is 4. The van der Waals surface area contributed by atoms with Crippen LogP contribution in [0, 0.1) is 10.1 Å². The molecule has 0 radical (unpaired) electrons. The number of hydrogen-bond donors (Lipinski definition) is 2. The van der Waals surface area contributed by atoms with Crippen LogP contribution in [0.15, 0.2) is 60.7 Å². The number of aromatic amines is 1. The summed E-state index contributed by atoms with van der Waals surface area (Å²) < 4.78 is 0. The Kier molecular flexibility index (Phi) is 4.04. The molecule has 1 atom stereocenters. The number of amides is 1. The number of non-ortho nitro benzene ring substituents is 1. The van der Waals surface area contributed by atoms with E-state index in [0.29, 0.717) is 22.4 Å². The van der Waals surface area contributed by atoms with Gasteiger partial charge in [0.25, 0.3) is 11.6 Å². The fourth-order valence-corrected chi connectivity index (χ4v) is 3.10. The molecule has 2 N–H and O–H groups in total. The maximum absolute atomic E-state index is 12.8. The monoisotopic (exact) mass is 360 g/mol. The Bertz CT molecular complexity index is 1180. The van der Waals surface area contributed by atoms with Crippen molar-refractivity contribution in [3.8, 4) is 0 Å². The molecule has 4 aromatic rings. The molecule has 7 nitrogen and oxygen atoms in total. The number of benzene rings is 3. The summed E-state index contributed by atoms with van der Waals surface area (Å²) in [5.41, 5.74) is 1.75. The van der Waals surface area contributed by atoms with Crippen molar-refractivity contribution < 1.29 is 9.72 Å². The van der Waals surface area contributed by atoms with Crippen LogP contribution in [0.4, 0.5) is 5.69 Å². The van der Waals surface area contributed by atoms with Crippen molar-refractivity contribution in [2.75, 3.05) is 0 Å². The van der Waals surface area contributed by atoms with E-state index >= 15 is 0 Å². The van der Waals surface area contributed by atoms with Crippen LogP contribution in [0.25, 0.3) is 21.8 Å². The molecule has 1 amide bonds. The molecule has 0 saturated heterocycles. The van der Waals surface area contributed by atoms with Gasteiger partial charge in [-0.25, -0.2) is 4.98 Å². The third-order valence-electron chi connectivity index (χ3n) is 4.49. The zero-order valence-corrected chi connectivity index (χ0v) is 14.5. The zero-order valence-electron chi connectivity index (χ0n) is 14.5. The highest BCUT2D eigenvalue weighted by Gasteiger charge is 2.17. The number of nitrogens with zero attached hydrogens (tertiary/aromatic N) is 2. The van der Waals surface area contributed by atoms with E-state index in [2.05, 4.69) is 15.3 Å². The summed E-state index contributed by atoms with van der Waals surface area (Å²) in [4.78, 5) is 30.7. The quantitative estimate of drug-likeness (QED) is 0.422. The second-order valence-electron chi connectivity index (χ2n) is 6.30. The molecular weight excluding hydrogens is 344 g/mol. The molecule has 7 heteroatoms. The second kappa shape index (κ2) is 6.53. The Labute approximate surface area is 154 Å². The summed E-state index contributed by atoms with van der Waals surface area (Å²) in [7, 11) is 0. The molecule has 3 aromatic carbocycles. The predicted molar refractivity (Wildman–Crippen MR) is 103 cm³/mol. The highest BCUT2D eigenvalue weighted by Crippen LogP contribution is 2.22. The Morgan fingerprint density at radius 3 is 2.74 bits per heavy atom.